The van der Waals surface area contributed by atoms with Gasteiger partial charge in [0.1, 0.15) is 12.6 Å². The molecule has 1 unspecified atom stereocenters. The van der Waals surface area contributed by atoms with Crippen LogP contribution in [0.1, 0.15) is 0 Å². The van der Waals surface area contributed by atoms with E-state index in [1.54, 1.807) is 0 Å². The fourth-order valence-electron chi connectivity index (χ4n) is 1.18. The van der Waals surface area contributed by atoms with Crippen molar-refractivity contribution in [2.45, 2.75) is 6.10 Å². The first kappa shape index (κ1) is 11.2. The zero-order chi connectivity index (χ0) is 11.4. The number of urea groups is 1. The maximum atomic E-state index is 11.1. The molecule has 1 saturated heterocycles. The average Bonchev–Trinajstić information content (AvgIpc) is 2.46. The van der Waals surface area contributed by atoms with Crippen LogP contribution in [0.5, 0.6) is 0 Å². The maximum Gasteiger partial charge on any atom is 0.410 e. The van der Waals surface area contributed by atoms with Crippen LogP contribution in [-0.2, 0) is 9.53 Å². The lowest BCUT2D eigenvalue weighted by molar-refractivity contribution is -0.120. The van der Waals surface area contributed by atoms with Gasteiger partial charge >= 0.3 is 12.1 Å². The smallest absolute Gasteiger partial charge is 0.410 e. The fraction of sp³-hybridized carbons (Fsp3) is 0.571. The molecule has 0 saturated carbocycles. The Balaban J connectivity index is 2.42. The second kappa shape index (κ2) is 4.60. The molecule has 8 nitrogen and oxygen atoms in total. The van der Waals surface area contributed by atoms with Gasteiger partial charge in [-0.25, -0.2) is 9.59 Å². The molecule has 4 amide bonds. The van der Waals surface area contributed by atoms with E-state index in [0.717, 1.165) is 4.90 Å². The molecule has 0 aromatic carbocycles. The van der Waals surface area contributed by atoms with Crippen molar-refractivity contribution in [1.82, 2.24) is 10.2 Å². The van der Waals surface area contributed by atoms with Crippen LogP contribution >= 0.6 is 0 Å². The van der Waals surface area contributed by atoms with Crippen LogP contribution in [0.15, 0.2) is 0 Å². The highest BCUT2D eigenvalue weighted by Gasteiger charge is 2.31. The van der Waals surface area contributed by atoms with Crippen molar-refractivity contribution in [2.75, 3.05) is 19.6 Å². The summed E-state index contributed by atoms with van der Waals surface area (Å²) in [5.74, 6) is -0.655. The lowest BCUT2D eigenvalue weighted by Gasteiger charge is -2.10. The Bertz CT molecular complexity index is 293. The number of cyclic esters (lactones) is 1. The van der Waals surface area contributed by atoms with E-state index in [2.05, 4.69) is 0 Å². The van der Waals surface area contributed by atoms with Crippen LogP contribution in [0.4, 0.5) is 9.59 Å². The second-order valence-electron chi connectivity index (χ2n) is 3.03. The summed E-state index contributed by atoms with van der Waals surface area (Å²) in [5.41, 5.74) is 10.0. The zero-order valence-electron chi connectivity index (χ0n) is 7.93. The maximum absolute atomic E-state index is 11.1. The molecular formula is C7H12N4O4. The Hall–Kier alpha value is -1.83. The summed E-state index contributed by atoms with van der Waals surface area (Å²) in [6.07, 6.45) is -1.02. The molecule has 1 aliphatic rings. The average molecular weight is 216 g/mol. The van der Waals surface area contributed by atoms with Gasteiger partial charge in [-0.05, 0) is 0 Å². The van der Waals surface area contributed by atoms with Crippen LogP contribution in [0.2, 0.25) is 0 Å². The van der Waals surface area contributed by atoms with Gasteiger partial charge in [0.25, 0.3) is 0 Å². The molecule has 0 spiro atoms. The number of nitrogens with two attached hydrogens (primary N) is 2. The summed E-state index contributed by atoms with van der Waals surface area (Å²) in [4.78, 5) is 33.6. The number of hydrogen-bond donors (Lipinski definition) is 3. The van der Waals surface area contributed by atoms with Gasteiger partial charge in [-0.1, -0.05) is 0 Å². The van der Waals surface area contributed by atoms with Crippen molar-refractivity contribution in [3.63, 3.8) is 0 Å². The molecular weight excluding hydrogens is 204 g/mol. The normalized spacial score (nSPS) is 19.9. The summed E-state index contributed by atoms with van der Waals surface area (Å²) in [6, 6.07) is -0.956. The molecule has 0 aliphatic carbocycles. The Morgan fingerprint density at radius 3 is 2.73 bits per heavy atom. The van der Waals surface area contributed by atoms with E-state index in [-0.39, 0.29) is 19.6 Å². The SMILES string of the molecule is NCC1CN(CC(=O)NC(N)=O)C(=O)O1. The van der Waals surface area contributed by atoms with Crippen LogP contribution < -0.4 is 16.8 Å². The van der Waals surface area contributed by atoms with Gasteiger partial charge in [0, 0.05) is 6.54 Å². The summed E-state index contributed by atoms with van der Waals surface area (Å²) in [6.45, 7) is 0.166. The van der Waals surface area contributed by atoms with Gasteiger partial charge in [-0.2, -0.15) is 0 Å². The highest BCUT2D eigenvalue weighted by molar-refractivity contribution is 5.95. The second-order valence-corrected chi connectivity index (χ2v) is 3.03. The molecule has 0 aromatic heterocycles. The number of hydrogen-bond acceptors (Lipinski definition) is 5. The number of amides is 4. The number of nitrogens with one attached hydrogen (secondary N) is 1. The van der Waals surface area contributed by atoms with Crippen LogP contribution in [0.25, 0.3) is 0 Å². The first-order chi connectivity index (χ1) is 7.02. The molecule has 1 heterocycles. The zero-order valence-corrected chi connectivity index (χ0v) is 7.93. The van der Waals surface area contributed by atoms with Gasteiger partial charge < -0.3 is 16.2 Å². The Labute approximate surface area is 85.5 Å². The predicted molar refractivity (Wildman–Crippen MR) is 48.6 cm³/mol. The van der Waals surface area contributed by atoms with Gasteiger partial charge in [0.2, 0.25) is 5.91 Å². The number of rotatable bonds is 3. The number of primary amides is 1. The third kappa shape index (κ3) is 3.09. The van der Waals surface area contributed by atoms with Crippen molar-refractivity contribution in [3.8, 4) is 0 Å². The first-order valence-electron chi connectivity index (χ1n) is 4.28. The Morgan fingerprint density at radius 2 is 2.27 bits per heavy atom. The van der Waals surface area contributed by atoms with E-state index in [0.29, 0.717) is 0 Å². The molecule has 1 fully saturated rings. The number of imide groups is 1. The molecule has 5 N–H and O–H groups in total. The third-order valence-electron chi connectivity index (χ3n) is 1.81. The minimum atomic E-state index is -0.956. The van der Waals surface area contributed by atoms with Crippen LogP contribution in [0.3, 0.4) is 0 Å². The molecule has 1 atom stereocenters. The van der Waals surface area contributed by atoms with Gasteiger partial charge in [0.15, 0.2) is 0 Å². The predicted octanol–water partition coefficient (Wildman–Crippen LogP) is -2.04. The first-order valence-corrected chi connectivity index (χ1v) is 4.28. The standard InChI is InChI=1S/C7H12N4O4/c8-1-4-2-11(7(14)15-4)3-5(12)10-6(9)13/h4H,1-3,8H2,(H3,9,10,12,13). The largest absolute Gasteiger partial charge is 0.443 e. The minimum absolute atomic E-state index is 0.194. The summed E-state index contributed by atoms with van der Waals surface area (Å²) >= 11 is 0. The fourth-order valence-corrected chi connectivity index (χ4v) is 1.18. The minimum Gasteiger partial charge on any atom is -0.443 e. The highest BCUT2D eigenvalue weighted by atomic mass is 16.6. The summed E-state index contributed by atoms with van der Waals surface area (Å²) in [5, 5.41) is 1.84. The van der Waals surface area contributed by atoms with Gasteiger partial charge in [-0.15, -0.1) is 0 Å². The van der Waals surface area contributed by atoms with Crippen LogP contribution in [-0.4, -0.2) is 48.7 Å². The number of nitrogens with zero attached hydrogens (tertiary/aromatic N) is 1. The van der Waals surface area contributed by atoms with E-state index in [1.165, 1.54) is 0 Å². The van der Waals surface area contributed by atoms with Crippen molar-refractivity contribution >= 4 is 18.0 Å². The Morgan fingerprint density at radius 1 is 1.60 bits per heavy atom. The van der Waals surface area contributed by atoms with Crippen LogP contribution in [0, 0.1) is 0 Å². The quantitative estimate of drug-likeness (QED) is 0.500. The number of ether oxygens (including phenoxy) is 1. The summed E-state index contributed by atoms with van der Waals surface area (Å²) < 4.78 is 4.79. The van der Waals surface area contributed by atoms with E-state index in [4.69, 9.17) is 16.2 Å². The lowest BCUT2D eigenvalue weighted by Crippen LogP contribution is -2.42. The molecule has 8 heteroatoms. The van der Waals surface area contributed by atoms with Crippen molar-refractivity contribution < 1.29 is 19.1 Å². The topological polar surface area (TPSA) is 128 Å². The molecule has 0 aromatic rings. The van der Waals surface area contributed by atoms with Crippen molar-refractivity contribution in [3.05, 3.63) is 0 Å². The van der Waals surface area contributed by atoms with E-state index < -0.39 is 24.1 Å². The molecule has 1 aliphatic heterocycles. The van der Waals surface area contributed by atoms with Crippen molar-refractivity contribution in [1.29, 1.82) is 0 Å². The lowest BCUT2D eigenvalue weighted by atomic mass is 10.3. The third-order valence-corrected chi connectivity index (χ3v) is 1.81. The molecule has 0 bridgehead atoms. The number of carbonyl (C=O) groups is 3. The highest BCUT2D eigenvalue weighted by Crippen LogP contribution is 2.09. The number of carbonyl (C=O) groups excluding carboxylic acids is 3. The Kier molecular flexibility index (Phi) is 3.45. The summed E-state index contributed by atoms with van der Waals surface area (Å²) in [7, 11) is 0. The molecule has 15 heavy (non-hydrogen) atoms. The van der Waals surface area contributed by atoms with E-state index >= 15 is 0 Å². The van der Waals surface area contributed by atoms with E-state index in [9.17, 15) is 14.4 Å². The molecule has 1 rings (SSSR count). The van der Waals surface area contributed by atoms with Gasteiger partial charge in [-0.3, -0.25) is 15.0 Å². The van der Waals surface area contributed by atoms with Crippen molar-refractivity contribution in [2.24, 2.45) is 11.5 Å². The molecule has 0 radical (unpaired) electrons. The monoisotopic (exact) mass is 216 g/mol. The molecule has 84 valence electrons. The van der Waals surface area contributed by atoms with Gasteiger partial charge in [0.05, 0.1) is 6.54 Å². The van der Waals surface area contributed by atoms with E-state index in [1.807, 2.05) is 5.32 Å².